The number of rotatable bonds is 6. The highest BCUT2D eigenvalue weighted by molar-refractivity contribution is 9.10. The lowest BCUT2D eigenvalue weighted by atomic mass is 10.1. The van der Waals surface area contributed by atoms with Crippen LogP contribution in [0.15, 0.2) is 88.6 Å². The van der Waals surface area contributed by atoms with E-state index >= 15 is 0 Å². The summed E-state index contributed by atoms with van der Waals surface area (Å²) in [5, 5.41) is 4.93. The molecule has 0 radical (unpaired) electrons. The lowest BCUT2D eigenvalue weighted by molar-refractivity contribution is -0.123. The van der Waals surface area contributed by atoms with Crippen molar-refractivity contribution in [3.8, 4) is 17.0 Å². The van der Waals surface area contributed by atoms with E-state index in [1.165, 1.54) is 0 Å². The van der Waals surface area contributed by atoms with E-state index in [2.05, 4.69) is 36.4 Å². The van der Waals surface area contributed by atoms with Crippen molar-refractivity contribution >= 4 is 39.1 Å². The van der Waals surface area contributed by atoms with Crippen LogP contribution in [0.3, 0.4) is 0 Å². The first-order valence-electron chi connectivity index (χ1n) is 9.21. The van der Waals surface area contributed by atoms with Crippen molar-refractivity contribution in [1.29, 1.82) is 0 Å². The second-order valence-electron chi connectivity index (χ2n) is 6.35. The average molecular weight is 461 g/mol. The summed E-state index contributed by atoms with van der Waals surface area (Å²) in [6.45, 7) is -0.170. The van der Waals surface area contributed by atoms with Gasteiger partial charge in [-0.15, -0.1) is 0 Å². The standard InChI is InChI=1S/C23H17BrN4O2/c24-19-9-3-1-6-17(19)14-26-28-22(29)15-30-21-10-4-2-8-18(21)20-12-11-16-7-5-13-25-23(16)27-20/h1-14H,15H2,(H,28,29)/b26-14+. The van der Waals surface area contributed by atoms with Crippen molar-refractivity contribution in [3.63, 3.8) is 0 Å². The number of hydrogen-bond donors (Lipinski definition) is 1. The lowest BCUT2D eigenvalue weighted by Gasteiger charge is -2.11. The molecule has 1 amide bonds. The molecule has 7 heteroatoms. The van der Waals surface area contributed by atoms with Gasteiger partial charge in [0.25, 0.3) is 5.91 Å². The van der Waals surface area contributed by atoms with Gasteiger partial charge >= 0.3 is 0 Å². The molecule has 0 spiro atoms. The minimum absolute atomic E-state index is 0.170. The van der Waals surface area contributed by atoms with Crippen LogP contribution in [0, 0.1) is 0 Å². The van der Waals surface area contributed by atoms with E-state index < -0.39 is 0 Å². The topological polar surface area (TPSA) is 76.5 Å². The molecule has 30 heavy (non-hydrogen) atoms. The third-order valence-corrected chi connectivity index (χ3v) is 5.01. The minimum Gasteiger partial charge on any atom is -0.483 e. The molecule has 0 aliphatic carbocycles. The van der Waals surface area contributed by atoms with E-state index in [0.717, 1.165) is 26.7 Å². The Morgan fingerprint density at radius 2 is 1.87 bits per heavy atom. The van der Waals surface area contributed by atoms with Gasteiger partial charge in [-0.3, -0.25) is 4.79 Å². The largest absolute Gasteiger partial charge is 0.483 e. The molecular formula is C23H17BrN4O2. The fourth-order valence-electron chi connectivity index (χ4n) is 2.84. The molecule has 0 unspecified atom stereocenters. The Bertz CT molecular complexity index is 1230. The van der Waals surface area contributed by atoms with E-state index in [1.807, 2.05) is 66.7 Å². The number of pyridine rings is 2. The van der Waals surface area contributed by atoms with Crippen LogP contribution < -0.4 is 10.2 Å². The summed E-state index contributed by atoms with van der Waals surface area (Å²) in [5.41, 5.74) is 5.50. The van der Waals surface area contributed by atoms with Crippen LogP contribution in [-0.2, 0) is 4.79 Å². The summed E-state index contributed by atoms with van der Waals surface area (Å²) in [7, 11) is 0. The van der Waals surface area contributed by atoms with Crippen LogP contribution in [0.1, 0.15) is 5.56 Å². The van der Waals surface area contributed by atoms with Crippen molar-refractivity contribution in [2.24, 2.45) is 5.10 Å². The first-order chi connectivity index (χ1) is 14.7. The number of aromatic nitrogens is 2. The third kappa shape index (κ3) is 4.69. The maximum atomic E-state index is 12.1. The van der Waals surface area contributed by atoms with Crippen LogP contribution in [0.4, 0.5) is 0 Å². The van der Waals surface area contributed by atoms with Gasteiger partial charge in [0.1, 0.15) is 5.75 Å². The molecule has 2 aromatic heterocycles. The zero-order valence-electron chi connectivity index (χ0n) is 15.8. The number of nitrogens with zero attached hydrogens (tertiary/aromatic N) is 3. The molecule has 1 N–H and O–H groups in total. The summed E-state index contributed by atoms with van der Waals surface area (Å²) in [5.74, 6) is 0.200. The number of benzene rings is 2. The summed E-state index contributed by atoms with van der Waals surface area (Å²) < 4.78 is 6.63. The fraction of sp³-hybridized carbons (Fsp3) is 0.0435. The highest BCUT2D eigenvalue weighted by Gasteiger charge is 2.10. The molecule has 2 heterocycles. The van der Waals surface area contributed by atoms with Gasteiger partial charge in [0.15, 0.2) is 12.3 Å². The van der Waals surface area contributed by atoms with Gasteiger partial charge in [0.05, 0.1) is 11.9 Å². The molecule has 6 nitrogen and oxygen atoms in total. The number of ether oxygens (including phenoxy) is 1. The predicted octanol–water partition coefficient (Wildman–Crippen LogP) is 4.59. The van der Waals surface area contributed by atoms with Gasteiger partial charge < -0.3 is 4.74 Å². The number of nitrogens with one attached hydrogen (secondary N) is 1. The molecule has 0 atom stereocenters. The zero-order chi connectivity index (χ0) is 20.8. The molecule has 2 aromatic carbocycles. The Morgan fingerprint density at radius 1 is 1.03 bits per heavy atom. The second-order valence-corrected chi connectivity index (χ2v) is 7.20. The molecule has 0 aliphatic heterocycles. The first-order valence-corrected chi connectivity index (χ1v) is 10.0. The van der Waals surface area contributed by atoms with Gasteiger partial charge in [-0.25, -0.2) is 15.4 Å². The number of hydrazone groups is 1. The van der Waals surface area contributed by atoms with Crippen molar-refractivity contribution in [2.75, 3.05) is 6.61 Å². The summed E-state index contributed by atoms with van der Waals surface area (Å²) >= 11 is 3.43. The van der Waals surface area contributed by atoms with Gasteiger partial charge in [-0.2, -0.15) is 5.10 Å². The number of carbonyl (C=O) groups excluding carboxylic acids is 1. The SMILES string of the molecule is O=C(COc1ccccc1-c1ccc2cccnc2n1)N/N=C/c1ccccc1Br. The number of amides is 1. The normalized spacial score (nSPS) is 11.0. The van der Waals surface area contributed by atoms with E-state index in [0.29, 0.717) is 11.4 Å². The minimum atomic E-state index is -0.360. The number of halogens is 1. The second kappa shape index (κ2) is 9.28. The maximum absolute atomic E-state index is 12.1. The quantitative estimate of drug-likeness (QED) is 0.337. The lowest BCUT2D eigenvalue weighted by Crippen LogP contribution is -2.24. The summed E-state index contributed by atoms with van der Waals surface area (Å²) in [4.78, 5) is 21.0. The molecule has 0 saturated heterocycles. The maximum Gasteiger partial charge on any atom is 0.277 e. The molecular weight excluding hydrogens is 444 g/mol. The smallest absolute Gasteiger partial charge is 0.277 e. The Labute approximate surface area is 181 Å². The number of fused-ring (bicyclic) bond motifs is 1. The van der Waals surface area contributed by atoms with Crippen LogP contribution in [0.5, 0.6) is 5.75 Å². The first kappa shape index (κ1) is 19.7. The monoisotopic (exact) mass is 460 g/mol. The Hall–Kier alpha value is -3.58. The highest BCUT2D eigenvalue weighted by atomic mass is 79.9. The molecule has 0 fully saturated rings. The van der Waals surface area contributed by atoms with Gasteiger partial charge in [-0.05, 0) is 42.5 Å². The Balaban J connectivity index is 1.44. The molecule has 4 aromatic rings. The van der Waals surface area contributed by atoms with Crippen molar-refractivity contribution in [2.45, 2.75) is 0 Å². The molecule has 0 bridgehead atoms. The van der Waals surface area contributed by atoms with Gasteiger partial charge in [0.2, 0.25) is 0 Å². The summed E-state index contributed by atoms with van der Waals surface area (Å²) in [6.07, 6.45) is 3.28. The van der Waals surface area contributed by atoms with Crippen LogP contribution in [0.25, 0.3) is 22.3 Å². The third-order valence-electron chi connectivity index (χ3n) is 4.28. The van der Waals surface area contributed by atoms with E-state index in [9.17, 15) is 4.79 Å². The number of hydrogen-bond acceptors (Lipinski definition) is 5. The van der Waals surface area contributed by atoms with Crippen LogP contribution in [0.2, 0.25) is 0 Å². The van der Waals surface area contributed by atoms with Crippen molar-refractivity contribution < 1.29 is 9.53 Å². The Kier molecular flexibility index (Phi) is 6.10. The van der Waals surface area contributed by atoms with Crippen molar-refractivity contribution in [3.05, 3.63) is 89.0 Å². The van der Waals surface area contributed by atoms with E-state index in [4.69, 9.17) is 4.74 Å². The molecule has 0 aliphatic rings. The van der Waals surface area contributed by atoms with E-state index in [1.54, 1.807) is 18.5 Å². The highest BCUT2D eigenvalue weighted by Crippen LogP contribution is 2.29. The number of carbonyl (C=O) groups is 1. The number of para-hydroxylation sites is 1. The molecule has 0 saturated carbocycles. The van der Waals surface area contributed by atoms with Gasteiger partial charge in [0, 0.05) is 27.2 Å². The van der Waals surface area contributed by atoms with Gasteiger partial charge in [-0.1, -0.05) is 46.3 Å². The Morgan fingerprint density at radius 3 is 2.77 bits per heavy atom. The zero-order valence-corrected chi connectivity index (χ0v) is 17.4. The molecule has 148 valence electrons. The van der Waals surface area contributed by atoms with E-state index in [-0.39, 0.29) is 12.5 Å². The van der Waals surface area contributed by atoms with Crippen LogP contribution >= 0.6 is 15.9 Å². The predicted molar refractivity (Wildman–Crippen MR) is 120 cm³/mol. The van der Waals surface area contributed by atoms with Crippen molar-refractivity contribution in [1.82, 2.24) is 15.4 Å². The average Bonchev–Trinajstić information content (AvgIpc) is 2.79. The van der Waals surface area contributed by atoms with Crippen LogP contribution in [-0.4, -0.2) is 28.7 Å². The molecule has 4 rings (SSSR count). The fourth-order valence-corrected chi connectivity index (χ4v) is 3.22. The summed E-state index contributed by atoms with van der Waals surface area (Å²) in [6, 6.07) is 22.7.